The second-order valence-corrected chi connectivity index (χ2v) is 13.6. The highest BCUT2D eigenvalue weighted by atomic mass is 16.6. The van der Waals surface area contributed by atoms with Crippen molar-refractivity contribution in [2.75, 3.05) is 59.5 Å². The monoisotopic (exact) mass is 636 g/mol. The van der Waals surface area contributed by atoms with Crippen LogP contribution < -0.4 is 0 Å². The van der Waals surface area contributed by atoms with Gasteiger partial charge in [-0.1, -0.05) is 0 Å². The molecule has 12 heteroatoms. The van der Waals surface area contributed by atoms with E-state index in [4.69, 9.17) is 42.6 Å². The zero-order valence-corrected chi connectivity index (χ0v) is 27.3. The van der Waals surface area contributed by atoms with E-state index in [1.807, 2.05) is 0 Å². The molecule has 3 aliphatic heterocycles. The smallest absolute Gasteiger partial charge is 0.338 e. The number of carbonyl (C=O) groups is 3. The molecule has 0 amide bonds. The van der Waals surface area contributed by atoms with Gasteiger partial charge in [-0.3, -0.25) is 0 Å². The summed E-state index contributed by atoms with van der Waals surface area (Å²) >= 11 is 0. The first kappa shape index (κ1) is 35.2. The number of rotatable bonds is 21. The molecule has 12 nitrogen and oxygen atoms in total. The molecule has 0 radical (unpaired) electrons. The minimum absolute atomic E-state index is 0.0212. The Morgan fingerprint density at radius 3 is 1.02 bits per heavy atom. The maximum Gasteiger partial charge on any atom is 0.338 e. The number of ether oxygens (including phenoxy) is 9. The third kappa shape index (κ3) is 13.3. The van der Waals surface area contributed by atoms with Gasteiger partial charge < -0.3 is 42.6 Å². The first-order chi connectivity index (χ1) is 21.2. The molecule has 4 rings (SSSR count). The molecule has 3 saturated heterocycles. The zero-order chi connectivity index (χ0) is 32.7. The van der Waals surface area contributed by atoms with E-state index in [0.717, 1.165) is 0 Å². The van der Waals surface area contributed by atoms with Crippen molar-refractivity contribution >= 4 is 17.9 Å². The second kappa shape index (κ2) is 15.3. The van der Waals surface area contributed by atoms with Crippen LogP contribution in [0.25, 0.3) is 0 Å². The summed E-state index contributed by atoms with van der Waals surface area (Å²) in [7, 11) is 0. The van der Waals surface area contributed by atoms with Crippen LogP contribution >= 0.6 is 0 Å². The predicted molar refractivity (Wildman–Crippen MR) is 160 cm³/mol. The highest BCUT2D eigenvalue weighted by molar-refractivity contribution is 6.00. The molecule has 0 bridgehead atoms. The highest BCUT2D eigenvalue weighted by Crippen LogP contribution is 2.25. The quantitative estimate of drug-likeness (QED) is 0.0835. The van der Waals surface area contributed by atoms with Gasteiger partial charge in [-0.25, -0.2) is 14.4 Å². The fourth-order valence-electron chi connectivity index (χ4n) is 4.15. The molecule has 252 valence electrons. The van der Waals surface area contributed by atoms with Gasteiger partial charge >= 0.3 is 17.9 Å². The molecule has 1 aromatic carbocycles. The normalized spacial score (nSPS) is 20.8. The average Bonchev–Trinajstić information content (AvgIpc) is 3.80. The number of benzene rings is 1. The van der Waals surface area contributed by atoms with Crippen molar-refractivity contribution in [3.05, 3.63) is 34.9 Å². The van der Waals surface area contributed by atoms with Gasteiger partial charge in [-0.15, -0.1) is 0 Å². The van der Waals surface area contributed by atoms with Gasteiger partial charge in [0, 0.05) is 19.3 Å². The lowest BCUT2D eigenvalue weighted by atomic mass is 10.0. The number of hydrogen-bond acceptors (Lipinski definition) is 12. The van der Waals surface area contributed by atoms with Crippen molar-refractivity contribution in [1.82, 2.24) is 0 Å². The molecule has 45 heavy (non-hydrogen) atoms. The van der Waals surface area contributed by atoms with Crippen LogP contribution in [-0.4, -0.2) is 112 Å². The Morgan fingerprint density at radius 2 is 0.800 bits per heavy atom. The Hall–Kier alpha value is -2.61. The van der Waals surface area contributed by atoms with Gasteiger partial charge in [0.15, 0.2) is 0 Å². The Bertz CT molecular complexity index is 1010. The summed E-state index contributed by atoms with van der Waals surface area (Å²) in [5, 5.41) is 0. The summed E-state index contributed by atoms with van der Waals surface area (Å²) in [5.41, 5.74) is -2.56. The van der Waals surface area contributed by atoms with Crippen molar-refractivity contribution in [1.29, 1.82) is 0 Å². The van der Waals surface area contributed by atoms with Gasteiger partial charge in [0.2, 0.25) is 0 Å². The van der Waals surface area contributed by atoms with Crippen LogP contribution in [-0.2, 0) is 42.6 Å². The average molecular weight is 637 g/mol. The van der Waals surface area contributed by atoms with E-state index >= 15 is 0 Å². The molecular formula is C33H48O12. The van der Waals surface area contributed by atoms with Crippen LogP contribution in [0.15, 0.2) is 18.2 Å². The highest BCUT2D eigenvalue weighted by Gasteiger charge is 2.31. The minimum atomic E-state index is -0.875. The van der Waals surface area contributed by atoms with E-state index in [1.165, 1.54) is 18.2 Å². The summed E-state index contributed by atoms with van der Waals surface area (Å²) in [6.45, 7) is 15.3. The van der Waals surface area contributed by atoms with Gasteiger partial charge in [0.25, 0.3) is 0 Å². The number of epoxide rings is 3. The summed E-state index contributed by atoms with van der Waals surface area (Å²) in [6.07, 6.45) is 1.74. The van der Waals surface area contributed by atoms with Crippen molar-refractivity contribution in [3.8, 4) is 0 Å². The first-order valence-electron chi connectivity index (χ1n) is 15.6. The fourth-order valence-corrected chi connectivity index (χ4v) is 4.15. The van der Waals surface area contributed by atoms with E-state index in [9.17, 15) is 14.4 Å². The van der Waals surface area contributed by atoms with Crippen LogP contribution in [0, 0.1) is 0 Å². The summed E-state index contributed by atoms with van der Waals surface area (Å²) < 4.78 is 49.6. The lowest BCUT2D eigenvalue weighted by Crippen LogP contribution is -2.32. The molecule has 1 aromatic rings. The Balaban J connectivity index is 1.42. The summed E-state index contributed by atoms with van der Waals surface area (Å²) in [4.78, 5) is 40.1. The zero-order valence-electron chi connectivity index (χ0n) is 27.3. The van der Waals surface area contributed by atoms with Crippen LogP contribution in [0.3, 0.4) is 0 Å². The van der Waals surface area contributed by atoms with Crippen LogP contribution in [0.4, 0.5) is 0 Å². The fraction of sp³-hybridized carbons (Fsp3) is 0.727. The summed E-state index contributed by atoms with van der Waals surface area (Å²) in [5.74, 6) is -2.09. The molecule has 0 aliphatic carbocycles. The molecule has 3 fully saturated rings. The minimum Gasteiger partial charge on any atom is -0.456 e. The number of esters is 3. The Labute approximate surface area is 265 Å². The van der Waals surface area contributed by atoms with Crippen molar-refractivity contribution in [3.63, 3.8) is 0 Å². The Kier molecular flexibility index (Phi) is 12.0. The summed E-state index contributed by atoms with van der Waals surface area (Å²) in [6, 6.07) is 4.11. The van der Waals surface area contributed by atoms with Crippen LogP contribution in [0.5, 0.6) is 0 Å². The van der Waals surface area contributed by atoms with Gasteiger partial charge in [0.1, 0.15) is 35.1 Å². The molecule has 0 N–H and O–H groups in total. The number of carbonyl (C=O) groups excluding carboxylic acids is 3. The van der Waals surface area contributed by atoms with Gasteiger partial charge in [0.05, 0.1) is 76.2 Å². The molecule has 3 heterocycles. The molecule has 0 saturated carbocycles. The van der Waals surface area contributed by atoms with Gasteiger partial charge in [-0.2, -0.15) is 0 Å². The van der Waals surface area contributed by atoms with E-state index in [1.54, 1.807) is 41.5 Å². The molecule has 3 aliphatic rings. The van der Waals surface area contributed by atoms with Crippen LogP contribution in [0.1, 0.15) is 91.9 Å². The topological polar surface area (TPSA) is 144 Å². The second-order valence-electron chi connectivity index (χ2n) is 13.6. The van der Waals surface area contributed by atoms with E-state index in [2.05, 4.69) is 0 Å². The molecule has 3 unspecified atom stereocenters. The Morgan fingerprint density at radius 1 is 0.556 bits per heavy atom. The lowest BCUT2D eigenvalue weighted by molar-refractivity contribution is -0.0188. The van der Waals surface area contributed by atoms with Gasteiger partial charge in [-0.05, 0) is 59.7 Å². The molecular weight excluding hydrogens is 588 g/mol. The largest absolute Gasteiger partial charge is 0.456 e. The van der Waals surface area contributed by atoms with E-state index in [0.29, 0.717) is 78.7 Å². The third-order valence-corrected chi connectivity index (χ3v) is 7.41. The van der Waals surface area contributed by atoms with Crippen molar-refractivity contribution < 1.29 is 57.0 Å². The lowest BCUT2D eigenvalue weighted by Gasteiger charge is -2.27. The standard InChI is InChI=1S/C33H48O12/c1-31(2,7-10-37-16-25-19-40-25)43-28(34)22-13-23(29(35)44-32(3,4)8-11-38-17-26-20-41-26)15-24(14-22)30(36)45-33(5,6)9-12-39-18-27-21-42-27/h13-15,25-27H,7-12,16-21H2,1-6H3. The molecule has 0 spiro atoms. The SMILES string of the molecule is CC(C)(CCOCC1CO1)OC(=O)c1cc(C(=O)OC(C)(C)CCOCC2CO2)cc(C(=O)OC(C)(C)CCOCC2CO2)c1. The van der Waals surface area contributed by atoms with Crippen molar-refractivity contribution in [2.24, 2.45) is 0 Å². The maximum atomic E-state index is 13.4. The molecule has 0 aromatic heterocycles. The van der Waals surface area contributed by atoms with Crippen LogP contribution in [0.2, 0.25) is 0 Å². The van der Waals surface area contributed by atoms with Crippen molar-refractivity contribution in [2.45, 2.75) is 95.9 Å². The first-order valence-corrected chi connectivity index (χ1v) is 15.6. The predicted octanol–water partition coefficient (Wildman–Crippen LogP) is 3.91. The van der Waals surface area contributed by atoms with E-state index < -0.39 is 34.7 Å². The van der Waals surface area contributed by atoms with E-state index in [-0.39, 0.29) is 35.0 Å². The number of hydrogen-bond donors (Lipinski definition) is 0. The maximum absolute atomic E-state index is 13.4. The molecule has 3 atom stereocenters. The third-order valence-electron chi connectivity index (χ3n) is 7.41.